The van der Waals surface area contributed by atoms with Gasteiger partial charge >= 0.3 is 0 Å². The minimum absolute atomic E-state index is 0.508. The highest BCUT2D eigenvalue weighted by Crippen LogP contribution is 2.19. The van der Waals surface area contributed by atoms with E-state index in [0.29, 0.717) is 11.1 Å². The lowest BCUT2D eigenvalue weighted by molar-refractivity contribution is 0.309. The van der Waals surface area contributed by atoms with Gasteiger partial charge in [-0.25, -0.2) is 4.98 Å². The number of rotatable bonds is 3. The fourth-order valence-corrected chi connectivity index (χ4v) is 1.86. The van der Waals surface area contributed by atoms with Crippen molar-refractivity contribution in [2.45, 2.75) is 6.61 Å². The van der Waals surface area contributed by atoms with Crippen LogP contribution in [-0.2, 0) is 6.61 Å². The van der Waals surface area contributed by atoms with Crippen LogP contribution < -0.4 is 4.74 Å². The molecule has 0 aliphatic rings. The van der Waals surface area contributed by atoms with Crippen molar-refractivity contribution in [3.05, 3.63) is 45.9 Å². The summed E-state index contributed by atoms with van der Waals surface area (Å²) in [6.45, 7) is 0.508. The average Bonchev–Trinajstić information content (AvgIpc) is 2.63. The summed E-state index contributed by atoms with van der Waals surface area (Å²) in [6, 6.07) is 10.3. The number of hydrogen-bond donors (Lipinski definition) is 0. The van der Waals surface area contributed by atoms with Crippen LogP contribution in [-0.4, -0.2) is 4.98 Å². The lowest BCUT2D eigenvalue weighted by atomic mass is 10.3. The zero-order valence-electron chi connectivity index (χ0n) is 7.24. The van der Waals surface area contributed by atoms with Crippen molar-refractivity contribution < 1.29 is 4.74 Å². The van der Waals surface area contributed by atoms with Crippen molar-refractivity contribution in [3.63, 3.8) is 0 Å². The first-order valence-electron chi connectivity index (χ1n) is 4.04. The summed E-state index contributed by atoms with van der Waals surface area (Å²) in [7, 11) is 0. The number of hydrogen-bond acceptors (Lipinski definition) is 3. The van der Waals surface area contributed by atoms with Gasteiger partial charge in [-0.1, -0.05) is 23.7 Å². The minimum atomic E-state index is 0.508. The highest BCUT2D eigenvalue weighted by atomic mass is 35.5. The fourth-order valence-electron chi connectivity index (χ4n) is 0.973. The molecule has 0 amide bonds. The van der Waals surface area contributed by atoms with Crippen LogP contribution in [0.2, 0.25) is 4.47 Å². The van der Waals surface area contributed by atoms with Gasteiger partial charge in [0.2, 0.25) is 0 Å². The van der Waals surface area contributed by atoms with Crippen LogP contribution in [0.15, 0.2) is 30.5 Å². The molecule has 71 valence electrons. The third kappa shape index (κ3) is 2.47. The molecular weight excluding hydrogens is 218 g/mol. The Labute approximate surface area is 91.1 Å². The number of benzene rings is 1. The highest BCUT2D eigenvalue weighted by Gasteiger charge is 1.99. The van der Waals surface area contributed by atoms with Crippen molar-refractivity contribution >= 4 is 22.9 Å². The van der Waals surface area contributed by atoms with Crippen LogP contribution in [0.1, 0.15) is 4.88 Å². The van der Waals surface area contributed by atoms with Gasteiger partial charge in [0.05, 0.1) is 4.88 Å². The molecule has 2 aromatic rings. The Hall–Kier alpha value is -1.06. The van der Waals surface area contributed by atoms with E-state index in [4.69, 9.17) is 16.3 Å². The molecule has 0 fully saturated rings. The molecule has 0 bridgehead atoms. The van der Waals surface area contributed by atoms with E-state index in [2.05, 4.69) is 11.1 Å². The third-order valence-electron chi connectivity index (χ3n) is 1.59. The summed E-state index contributed by atoms with van der Waals surface area (Å²) in [6.07, 6.45) is 1.72. The quantitative estimate of drug-likeness (QED) is 0.799. The third-order valence-corrected chi connectivity index (χ3v) is 2.68. The smallest absolute Gasteiger partial charge is 0.183 e. The predicted octanol–water partition coefficient (Wildman–Crippen LogP) is 3.18. The van der Waals surface area contributed by atoms with E-state index < -0.39 is 0 Å². The Morgan fingerprint density at radius 3 is 2.86 bits per heavy atom. The van der Waals surface area contributed by atoms with Gasteiger partial charge in [0.15, 0.2) is 4.47 Å². The second-order valence-electron chi connectivity index (χ2n) is 2.60. The van der Waals surface area contributed by atoms with Gasteiger partial charge in [-0.3, -0.25) is 0 Å². The maximum absolute atomic E-state index is 5.69. The van der Waals surface area contributed by atoms with Gasteiger partial charge in [0, 0.05) is 6.20 Å². The van der Waals surface area contributed by atoms with E-state index in [9.17, 15) is 0 Å². The summed E-state index contributed by atoms with van der Waals surface area (Å²) in [4.78, 5) is 4.94. The van der Waals surface area contributed by atoms with Gasteiger partial charge in [-0.2, -0.15) is 0 Å². The van der Waals surface area contributed by atoms with E-state index in [-0.39, 0.29) is 0 Å². The molecule has 1 heterocycles. The molecule has 0 aliphatic carbocycles. The maximum atomic E-state index is 5.69. The second-order valence-corrected chi connectivity index (χ2v) is 4.30. The van der Waals surface area contributed by atoms with Crippen molar-refractivity contribution in [2.24, 2.45) is 0 Å². The number of halogens is 1. The Bertz CT molecular complexity index is 402. The summed E-state index contributed by atoms with van der Waals surface area (Å²) >= 11 is 7.12. The van der Waals surface area contributed by atoms with Crippen LogP contribution in [0.25, 0.3) is 0 Å². The van der Waals surface area contributed by atoms with Crippen LogP contribution >= 0.6 is 22.9 Å². The van der Waals surface area contributed by atoms with E-state index in [0.717, 1.165) is 10.6 Å². The molecule has 0 aliphatic heterocycles. The molecule has 0 saturated heterocycles. The largest absolute Gasteiger partial charge is 0.488 e. The maximum Gasteiger partial charge on any atom is 0.183 e. The SMILES string of the molecule is Clc1ncc(COc2cc[c]cc2)s1. The first-order valence-corrected chi connectivity index (χ1v) is 5.23. The van der Waals surface area contributed by atoms with E-state index in [1.54, 1.807) is 6.20 Å². The van der Waals surface area contributed by atoms with Crippen molar-refractivity contribution in [3.8, 4) is 5.75 Å². The van der Waals surface area contributed by atoms with E-state index >= 15 is 0 Å². The lowest BCUT2D eigenvalue weighted by Gasteiger charge is -2.02. The molecule has 1 aromatic carbocycles. The molecule has 0 saturated carbocycles. The van der Waals surface area contributed by atoms with Crippen LogP contribution in [0.3, 0.4) is 0 Å². The summed E-state index contributed by atoms with van der Waals surface area (Å²) in [5.41, 5.74) is 0. The van der Waals surface area contributed by atoms with Crippen molar-refractivity contribution in [1.82, 2.24) is 4.98 Å². The molecule has 2 nitrogen and oxygen atoms in total. The molecule has 0 N–H and O–H groups in total. The second kappa shape index (κ2) is 4.44. The Morgan fingerprint density at radius 1 is 1.43 bits per heavy atom. The first-order chi connectivity index (χ1) is 6.84. The Morgan fingerprint density at radius 2 is 2.21 bits per heavy atom. The summed E-state index contributed by atoms with van der Waals surface area (Å²) in [5.74, 6) is 0.827. The lowest BCUT2D eigenvalue weighted by Crippen LogP contribution is -1.91. The summed E-state index contributed by atoms with van der Waals surface area (Å²) < 4.78 is 6.04. The minimum Gasteiger partial charge on any atom is -0.488 e. The molecule has 14 heavy (non-hydrogen) atoms. The topological polar surface area (TPSA) is 22.1 Å². The van der Waals surface area contributed by atoms with Crippen molar-refractivity contribution in [1.29, 1.82) is 0 Å². The highest BCUT2D eigenvalue weighted by molar-refractivity contribution is 7.15. The van der Waals surface area contributed by atoms with Gasteiger partial charge in [0.1, 0.15) is 12.4 Å². The number of thiazole rings is 1. The molecule has 1 aromatic heterocycles. The Kier molecular flexibility index (Phi) is 3.01. The molecular formula is C10H7ClNOS. The molecule has 2 rings (SSSR count). The molecule has 0 unspecified atom stereocenters. The molecule has 4 heteroatoms. The molecule has 1 radical (unpaired) electrons. The first kappa shape index (κ1) is 9.49. The van der Waals surface area contributed by atoms with Gasteiger partial charge in [-0.05, 0) is 18.2 Å². The standard InChI is InChI=1S/C10H7ClNOS/c11-10-12-6-9(14-10)7-13-8-4-2-1-3-5-8/h2-6H,7H2. The van der Waals surface area contributed by atoms with Crippen LogP contribution in [0, 0.1) is 6.07 Å². The predicted molar refractivity (Wildman–Crippen MR) is 56.7 cm³/mol. The monoisotopic (exact) mass is 224 g/mol. The average molecular weight is 225 g/mol. The number of ether oxygens (including phenoxy) is 1. The summed E-state index contributed by atoms with van der Waals surface area (Å²) in [5, 5.41) is 0. The van der Waals surface area contributed by atoms with Crippen LogP contribution in [0.5, 0.6) is 5.75 Å². The normalized spacial score (nSPS) is 10.1. The van der Waals surface area contributed by atoms with Crippen molar-refractivity contribution in [2.75, 3.05) is 0 Å². The van der Waals surface area contributed by atoms with Gasteiger partial charge in [-0.15, -0.1) is 11.3 Å². The molecule has 0 atom stereocenters. The zero-order valence-corrected chi connectivity index (χ0v) is 8.81. The number of aromatic nitrogens is 1. The van der Waals surface area contributed by atoms with Gasteiger partial charge in [0.25, 0.3) is 0 Å². The van der Waals surface area contributed by atoms with E-state index in [1.807, 2.05) is 24.3 Å². The fraction of sp³-hybridized carbons (Fsp3) is 0.100. The zero-order chi connectivity index (χ0) is 9.80. The van der Waals surface area contributed by atoms with Gasteiger partial charge < -0.3 is 4.74 Å². The molecule has 0 spiro atoms. The van der Waals surface area contributed by atoms with Crippen LogP contribution in [0.4, 0.5) is 0 Å². The Balaban J connectivity index is 1.95. The van der Waals surface area contributed by atoms with E-state index in [1.165, 1.54) is 11.3 Å². The number of nitrogens with zero attached hydrogens (tertiary/aromatic N) is 1.